The van der Waals surface area contributed by atoms with Crippen molar-refractivity contribution in [1.29, 1.82) is 0 Å². The molecule has 1 aliphatic rings. The number of nitrogens with zero attached hydrogens (tertiary/aromatic N) is 3. The van der Waals surface area contributed by atoms with Gasteiger partial charge in [-0.05, 0) is 30.5 Å². The van der Waals surface area contributed by atoms with E-state index in [1.807, 2.05) is 0 Å². The average molecular weight is 425 g/mol. The summed E-state index contributed by atoms with van der Waals surface area (Å²) in [4.78, 5) is 21.0. The van der Waals surface area contributed by atoms with Crippen LogP contribution in [0.15, 0.2) is 6.07 Å². The molecule has 2 heterocycles. The molecule has 0 saturated heterocycles. The highest BCUT2D eigenvalue weighted by atomic mass is 35.5. The van der Waals surface area contributed by atoms with Crippen molar-refractivity contribution in [2.24, 2.45) is 0 Å². The molecule has 0 bridgehead atoms. The van der Waals surface area contributed by atoms with E-state index in [-0.39, 0.29) is 16.6 Å². The molecular formula is C15H16ClF3N4O3S. The van der Waals surface area contributed by atoms with Crippen molar-refractivity contribution < 1.29 is 28.2 Å². The number of hydrogen-bond acceptors (Lipinski definition) is 6. The average Bonchev–Trinajstić information content (AvgIpc) is 3.05. The Morgan fingerprint density at radius 3 is 2.78 bits per heavy atom. The number of nitrogens with one attached hydrogen (secondary N) is 1. The number of likely N-dealkylation sites (N-methyl/N-ethyl adjacent to an activating group) is 1. The molecule has 3 rings (SSSR count). The molecule has 0 aromatic carbocycles. The molecule has 2 aromatic heterocycles. The fraction of sp³-hybridized carbons (Fsp3) is 0.533. The van der Waals surface area contributed by atoms with E-state index in [9.17, 15) is 23.1 Å². The summed E-state index contributed by atoms with van der Waals surface area (Å²) in [5.41, 5.74) is 0. The lowest BCUT2D eigenvalue weighted by Crippen LogP contribution is -2.39. The molecule has 1 fully saturated rings. The van der Waals surface area contributed by atoms with Crippen molar-refractivity contribution in [1.82, 2.24) is 15.3 Å². The van der Waals surface area contributed by atoms with E-state index >= 15 is 0 Å². The molecule has 0 unspecified atom stereocenters. The standard InChI is InChI=1S/C15H16ClF3N4O3S/c1-23(9-2-6(3-10(9)24)20-14(25)26)11-8-4-7(5-15(17,18)19)27-12(8)22-13(16)21-11/h4,6,9-10,20,24H,2-3,5H2,1H3,(H,25,26)/t6-,9+,10+/m1/s1. The van der Waals surface area contributed by atoms with Gasteiger partial charge in [0.2, 0.25) is 5.28 Å². The van der Waals surface area contributed by atoms with E-state index in [1.54, 1.807) is 11.9 Å². The summed E-state index contributed by atoms with van der Waals surface area (Å²) in [5, 5.41) is 21.8. The van der Waals surface area contributed by atoms with Gasteiger partial charge in [-0.1, -0.05) is 0 Å². The van der Waals surface area contributed by atoms with Crippen molar-refractivity contribution >= 4 is 45.1 Å². The maximum absolute atomic E-state index is 12.7. The van der Waals surface area contributed by atoms with E-state index in [0.29, 0.717) is 22.5 Å². The van der Waals surface area contributed by atoms with Gasteiger partial charge in [-0.25, -0.2) is 9.78 Å². The molecule has 148 valence electrons. The third kappa shape index (κ3) is 4.53. The number of anilines is 1. The van der Waals surface area contributed by atoms with Gasteiger partial charge in [0.15, 0.2) is 0 Å². The number of halogens is 4. The lowest BCUT2D eigenvalue weighted by atomic mass is 10.1. The zero-order valence-electron chi connectivity index (χ0n) is 14.0. The second-order valence-corrected chi connectivity index (χ2v) is 7.86. The Bertz CT molecular complexity index is 863. The number of alkyl halides is 3. The van der Waals surface area contributed by atoms with E-state index in [0.717, 1.165) is 11.3 Å². The summed E-state index contributed by atoms with van der Waals surface area (Å²) in [6.45, 7) is 0. The minimum absolute atomic E-state index is 0.0844. The smallest absolute Gasteiger partial charge is 0.404 e. The fourth-order valence-electron chi connectivity index (χ4n) is 3.34. The summed E-state index contributed by atoms with van der Waals surface area (Å²) in [5.74, 6) is 0.301. The van der Waals surface area contributed by atoms with E-state index in [2.05, 4.69) is 15.3 Å². The van der Waals surface area contributed by atoms with Crippen LogP contribution in [0.4, 0.5) is 23.8 Å². The number of carbonyl (C=O) groups is 1. The number of thiophene rings is 1. The number of aromatic nitrogens is 2. The number of aliphatic hydroxyl groups is 1. The Balaban J connectivity index is 1.92. The third-order valence-electron chi connectivity index (χ3n) is 4.43. The number of amides is 1. The molecule has 2 aromatic rings. The highest BCUT2D eigenvalue weighted by Gasteiger charge is 2.37. The van der Waals surface area contributed by atoms with Crippen LogP contribution in [-0.2, 0) is 6.42 Å². The predicted molar refractivity (Wildman–Crippen MR) is 94.6 cm³/mol. The monoisotopic (exact) mass is 424 g/mol. The van der Waals surface area contributed by atoms with Crippen molar-refractivity contribution in [3.8, 4) is 0 Å². The van der Waals surface area contributed by atoms with Gasteiger partial charge in [0.1, 0.15) is 10.6 Å². The first-order chi connectivity index (χ1) is 12.5. The van der Waals surface area contributed by atoms with Crippen LogP contribution in [0.1, 0.15) is 17.7 Å². The van der Waals surface area contributed by atoms with Crippen molar-refractivity contribution in [2.75, 3.05) is 11.9 Å². The molecule has 0 aliphatic heterocycles. The molecule has 3 atom stereocenters. The number of aliphatic hydroxyl groups excluding tert-OH is 1. The SMILES string of the molecule is CN(c1nc(Cl)nc2sc(CC(F)(F)F)cc12)[C@H]1C[C@@H](NC(=O)O)C[C@@H]1O. The van der Waals surface area contributed by atoms with Crippen molar-refractivity contribution in [3.63, 3.8) is 0 Å². The van der Waals surface area contributed by atoms with Gasteiger partial charge >= 0.3 is 12.3 Å². The Morgan fingerprint density at radius 1 is 1.44 bits per heavy atom. The first-order valence-corrected chi connectivity index (χ1v) is 9.16. The highest BCUT2D eigenvalue weighted by molar-refractivity contribution is 7.18. The number of carboxylic acid groups (broad SMARTS) is 1. The minimum Gasteiger partial charge on any atom is -0.465 e. The molecule has 12 heteroatoms. The molecule has 3 N–H and O–H groups in total. The Kier molecular flexibility index (Phi) is 5.37. The van der Waals surface area contributed by atoms with E-state index in [1.165, 1.54) is 6.07 Å². The second-order valence-electron chi connectivity index (χ2n) is 6.40. The normalized spacial score (nSPS) is 23.0. The lowest BCUT2D eigenvalue weighted by Gasteiger charge is -2.28. The number of rotatable bonds is 4. The molecule has 27 heavy (non-hydrogen) atoms. The first-order valence-electron chi connectivity index (χ1n) is 7.96. The molecular weight excluding hydrogens is 409 g/mol. The first kappa shape index (κ1) is 19.9. The maximum Gasteiger partial charge on any atom is 0.404 e. The topological polar surface area (TPSA) is 98.6 Å². The summed E-state index contributed by atoms with van der Waals surface area (Å²) < 4.78 is 38.1. The van der Waals surface area contributed by atoms with Crippen LogP contribution >= 0.6 is 22.9 Å². The lowest BCUT2D eigenvalue weighted by molar-refractivity contribution is -0.126. The highest BCUT2D eigenvalue weighted by Crippen LogP contribution is 2.37. The van der Waals surface area contributed by atoms with Crippen molar-refractivity contribution in [2.45, 2.75) is 43.6 Å². The van der Waals surface area contributed by atoms with Crippen molar-refractivity contribution in [3.05, 3.63) is 16.2 Å². The van der Waals surface area contributed by atoms with Crippen LogP contribution in [-0.4, -0.2) is 57.7 Å². The van der Waals surface area contributed by atoms with Crippen LogP contribution in [0.5, 0.6) is 0 Å². The van der Waals surface area contributed by atoms with Gasteiger partial charge in [-0.3, -0.25) is 0 Å². The molecule has 1 amide bonds. The van der Waals surface area contributed by atoms with Gasteiger partial charge < -0.3 is 20.4 Å². The number of fused-ring (bicyclic) bond motifs is 1. The van der Waals surface area contributed by atoms with E-state index in [4.69, 9.17) is 16.7 Å². The maximum atomic E-state index is 12.7. The van der Waals surface area contributed by atoms with Crippen LogP contribution in [0, 0.1) is 0 Å². The van der Waals surface area contributed by atoms with Gasteiger partial charge in [-0.15, -0.1) is 11.3 Å². The van der Waals surface area contributed by atoms with Gasteiger partial charge in [0, 0.05) is 18.0 Å². The number of hydrogen-bond donors (Lipinski definition) is 3. The molecule has 1 saturated carbocycles. The van der Waals surface area contributed by atoms with Gasteiger partial charge in [0.05, 0.1) is 24.0 Å². The van der Waals surface area contributed by atoms with Crippen LogP contribution in [0.2, 0.25) is 5.28 Å². The Labute approximate surface area is 160 Å². The molecule has 1 aliphatic carbocycles. The summed E-state index contributed by atoms with van der Waals surface area (Å²) >= 11 is 6.82. The minimum atomic E-state index is -4.35. The zero-order chi connectivity index (χ0) is 19.9. The third-order valence-corrected chi connectivity index (χ3v) is 5.62. The van der Waals surface area contributed by atoms with Gasteiger partial charge in [0.25, 0.3) is 0 Å². The Hall–Kier alpha value is -1.85. The largest absolute Gasteiger partial charge is 0.465 e. The van der Waals surface area contributed by atoms with Crippen LogP contribution in [0.3, 0.4) is 0 Å². The molecule has 0 spiro atoms. The molecule has 0 radical (unpaired) electrons. The van der Waals surface area contributed by atoms with Crippen LogP contribution < -0.4 is 10.2 Å². The zero-order valence-corrected chi connectivity index (χ0v) is 15.6. The predicted octanol–water partition coefficient (Wildman–Crippen LogP) is 3.05. The Morgan fingerprint density at radius 2 is 2.15 bits per heavy atom. The molecule has 7 nitrogen and oxygen atoms in total. The second kappa shape index (κ2) is 7.28. The van der Waals surface area contributed by atoms with E-state index < -0.39 is 36.9 Å². The summed E-state index contributed by atoms with van der Waals surface area (Å²) in [7, 11) is 1.64. The quantitative estimate of drug-likeness (QED) is 0.652. The fourth-order valence-corrected chi connectivity index (χ4v) is 4.61. The van der Waals surface area contributed by atoms with Gasteiger partial charge in [-0.2, -0.15) is 18.2 Å². The summed E-state index contributed by atoms with van der Waals surface area (Å²) in [6.07, 6.45) is -6.88. The summed E-state index contributed by atoms with van der Waals surface area (Å²) in [6, 6.07) is 0.479. The van der Waals surface area contributed by atoms with Crippen LogP contribution in [0.25, 0.3) is 10.2 Å².